The lowest BCUT2D eigenvalue weighted by Crippen LogP contribution is -2.49. The standard InChI is InChI=1S/C23H30N6O5/c1-3-34-20-19(16(2)30)25-21(26-22(20)28-8-12-32-13-9-28)17-4-6-18(7-5-17)24-23(31)27-29-10-14-33-15-11-29/h4-7H,3,8-15H2,1-2H3,(H2,24,27,31). The van der Waals surface area contributed by atoms with Crippen molar-refractivity contribution in [2.45, 2.75) is 13.8 Å². The molecule has 34 heavy (non-hydrogen) atoms. The highest BCUT2D eigenvalue weighted by Gasteiger charge is 2.25. The molecule has 3 heterocycles. The number of hydrogen-bond acceptors (Lipinski definition) is 9. The lowest BCUT2D eigenvalue weighted by atomic mass is 10.1. The van der Waals surface area contributed by atoms with Gasteiger partial charge in [0.05, 0.1) is 33.0 Å². The Hall–Kier alpha value is -3.28. The maximum atomic E-state index is 12.4. The molecule has 2 aliphatic rings. The Balaban J connectivity index is 1.56. The molecule has 0 saturated carbocycles. The van der Waals surface area contributed by atoms with Gasteiger partial charge >= 0.3 is 6.03 Å². The molecule has 2 aliphatic heterocycles. The number of Topliss-reactive ketones (excluding diaryl/α,β-unsaturated/α-hetero) is 1. The molecule has 2 fully saturated rings. The Morgan fingerprint density at radius 2 is 1.65 bits per heavy atom. The van der Waals surface area contributed by atoms with E-state index in [0.29, 0.717) is 82.3 Å². The Morgan fingerprint density at radius 3 is 2.26 bits per heavy atom. The topological polar surface area (TPSA) is 118 Å². The average molecular weight is 471 g/mol. The number of benzene rings is 1. The van der Waals surface area contributed by atoms with Crippen molar-refractivity contribution < 1.29 is 23.8 Å². The zero-order valence-electron chi connectivity index (χ0n) is 19.5. The summed E-state index contributed by atoms with van der Waals surface area (Å²) in [5.41, 5.74) is 4.40. The van der Waals surface area contributed by atoms with Gasteiger partial charge < -0.3 is 24.4 Å². The van der Waals surface area contributed by atoms with Crippen molar-refractivity contribution in [2.24, 2.45) is 0 Å². The summed E-state index contributed by atoms with van der Waals surface area (Å²) in [6.45, 7) is 8.64. The fraction of sp³-hybridized carbons (Fsp3) is 0.478. The maximum Gasteiger partial charge on any atom is 0.333 e. The molecule has 1 aromatic carbocycles. The quantitative estimate of drug-likeness (QED) is 0.585. The van der Waals surface area contributed by atoms with Crippen molar-refractivity contribution in [2.75, 3.05) is 69.4 Å². The van der Waals surface area contributed by atoms with Crippen molar-refractivity contribution in [3.63, 3.8) is 0 Å². The van der Waals surface area contributed by atoms with Gasteiger partial charge in [-0.15, -0.1) is 0 Å². The molecule has 2 N–H and O–H groups in total. The van der Waals surface area contributed by atoms with E-state index in [0.717, 1.165) is 5.56 Å². The van der Waals surface area contributed by atoms with Crippen LogP contribution in [0.25, 0.3) is 11.4 Å². The summed E-state index contributed by atoms with van der Waals surface area (Å²) in [4.78, 5) is 36.0. The minimum Gasteiger partial charge on any atom is -0.488 e. The monoisotopic (exact) mass is 470 g/mol. The van der Waals surface area contributed by atoms with E-state index in [1.807, 2.05) is 24.1 Å². The Morgan fingerprint density at radius 1 is 1.00 bits per heavy atom. The zero-order chi connectivity index (χ0) is 23.9. The van der Waals surface area contributed by atoms with Gasteiger partial charge in [0.25, 0.3) is 0 Å². The van der Waals surface area contributed by atoms with Gasteiger partial charge in [-0.2, -0.15) is 0 Å². The maximum absolute atomic E-state index is 12.4. The number of urea groups is 1. The third-order valence-electron chi connectivity index (χ3n) is 5.45. The van der Waals surface area contributed by atoms with Crippen LogP contribution in [0.5, 0.6) is 5.75 Å². The number of ketones is 1. The van der Waals surface area contributed by atoms with Crippen LogP contribution in [-0.2, 0) is 9.47 Å². The average Bonchev–Trinajstić information content (AvgIpc) is 2.86. The van der Waals surface area contributed by atoms with Crippen LogP contribution >= 0.6 is 0 Å². The van der Waals surface area contributed by atoms with E-state index in [2.05, 4.69) is 20.6 Å². The van der Waals surface area contributed by atoms with Crippen LogP contribution in [0.4, 0.5) is 16.3 Å². The van der Waals surface area contributed by atoms with Crippen molar-refractivity contribution in [3.05, 3.63) is 30.0 Å². The molecule has 11 heteroatoms. The molecule has 0 spiro atoms. The summed E-state index contributed by atoms with van der Waals surface area (Å²) in [6, 6.07) is 6.85. The fourth-order valence-corrected chi connectivity index (χ4v) is 3.75. The summed E-state index contributed by atoms with van der Waals surface area (Å²) in [6.07, 6.45) is 0. The number of morpholine rings is 2. The van der Waals surface area contributed by atoms with Crippen LogP contribution < -0.4 is 20.4 Å². The van der Waals surface area contributed by atoms with Crippen LogP contribution in [0.3, 0.4) is 0 Å². The van der Waals surface area contributed by atoms with Crippen LogP contribution in [0.2, 0.25) is 0 Å². The summed E-state index contributed by atoms with van der Waals surface area (Å²) in [7, 11) is 0. The number of hydrogen-bond donors (Lipinski definition) is 2. The van der Waals surface area contributed by atoms with Gasteiger partial charge in [-0.3, -0.25) is 10.2 Å². The molecule has 4 rings (SSSR count). The van der Waals surface area contributed by atoms with E-state index < -0.39 is 0 Å². The first kappa shape index (κ1) is 23.9. The molecular weight excluding hydrogens is 440 g/mol. The molecule has 0 atom stereocenters. The Kier molecular flexibility index (Phi) is 7.88. The molecule has 0 unspecified atom stereocenters. The summed E-state index contributed by atoms with van der Waals surface area (Å²) in [5, 5.41) is 4.63. The molecule has 0 radical (unpaired) electrons. The number of carbonyl (C=O) groups excluding carboxylic acids is 2. The van der Waals surface area contributed by atoms with Gasteiger partial charge in [0, 0.05) is 44.4 Å². The van der Waals surface area contributed by atoms with E-state index in [-0.39, 0.29) is 17.5 Å². The van der Waals surface area contributed by atoms with Gasteiger partial charge in [0.15, 0.2) is 28.9 Å². The summed E-state index contributed by atoms with van der Waals surface area (Å²) in [5.74, 6) is 1.21. The number of nitrogens with zero attached hydrogens (tertiary/aromatic N) is 4. The second-order valence-electron chi connectivity index (χ2n) is 7.88. The molecule has 2 amide bonds. The molecule has 2 aromatic rings. The third kappa shape index (κ3) is 5.79. The van der Waals surface area contributed by atoms with Crippen LogP contribution in [0, 0.1) is 0 Å². The smallest absolute Gasteiger partial charge is 0.333 e. The number of rotatable bonds is 7. The number of ether oxygens (including phenoxy) is 3. The fourth-order valence-electron chi connectivity index (χ4n) is 3.75. The zero-order valence-corrected chi connectivity index (χ0v) is 19.5. The van der Waals surface area contributed by atoms with Crippen LogP contribution in [0.15, 0.2) is 24.3 Å². The molecule has 1 aromatic heterocycles. The summed E-state index contributed by atoms with van der Waals surface area (Å²) >= 11 is 0. The highest BCUT2D eigenvalue weighted by Crippen LogP contribution is 2.33. The minimum absolute atomic E-state index is 0.195. The highest BCUT2D eigenvalue weighted by atomic mass is 16.5. The first-order valence-electron chi connectivity index (χ1n) is 11.4. The first-order valence-corrected chi connectivity index (χ1v) is 11.4. The molecular formula is C23H30N6O5. The summed E-state index contributed by atoms with van der Waals surface area (Å²) < 4.78 is 16.6. The number of carbonyl (C=O) groups is 2. The van der Waals surface area contributed by atoms with E-state index in [1.165, 1.54) is 6.92 Å². The molecule has 11 nitrogen and oxygen atoms in total. The minimum atomic E-state index is -0.319. The number of anilines is 2. The van der Waals surface area contributed by atoms with E-state index in [1.54, 1.807) is 12.1 Å². The van der Waals surface area contributed by atoms with Crippen molar-refractivity contribution in [3.8, 4) is 17.1 Å². The third-order valence-corrected chi connectivity index (χ3v) is 5.45. The van der Waals surface area contributed by atoms with Gasteiger partial charge in [0.1, 0.15) is 0 Å². The van der Waals surface area contributed by atoms with Gasteiger partial charge in [0.2, 0.25) is 0 Å². The van der Waals surface area contributed by atoms with Crippen molar-refractivity contribution in [1.82, 2.24) is 20.4 Å². The molecule has 182 valence electrons. The Bertz CT molecular complexity index is 1000. The lowest BCUT2D eigenvalue weighted by molar-refractivity contribution is 0.0207. The van der Waals surface area contributed by atoms with Crippen molar-refractivity contribution in [1.29, 1.82) is 0 Å². The number of amides is 2. The first-order chi connectivity index (χ1) is 16.5. The SMILES string of the molecule is CCOc1c(C(C)=O)nc(-c2ccc(NC(=O)NN3CCOCC3)cc2)nc1N1CCOCC1. The molecule has 2 saturated heterocycles. The van der Waals surface area contributed by atoms with Crippen molar-refractivity contribution >= 4 is 23.3 Å². The molecule has 0 bridgehead atoms. The number of hydrazine groups is 1. The van der Waals surface area contributed by atoms with E-state index in [4.69, 9.17) is 19.2 Å². The second kappa shape index (κ2) is 11.2. The predicted octanol–water partition coefficient (Wildman–Crippen LogP) is 1.95. The molecule has 0 aliphatic carbocycles. The van der Waals surface area contributed by atoms with E-state index >= 15 is 0 Å². The van der Waals surface area contributed by atoms with Gasteiger partial charge in [-0.25, -0.2) is 19.8 Å². The lowest BCUT2D eigenvalue weighted by Gasteiger charge is -2.29. The van der Waals surface area contributed by atoms with Gasteiger partial charge in [-0.05, 0) is 31.2 Å². The number of aromatic nitrogens is 2. The largest absolute Gasteiger partial charge is 0.488 e. The van der Waals surface area contributed by atoms with Gasteiger partial charge in [-0.1, -0.05) is 0 Å². The van der Waals surface area contributed by atoms with E-state index in [9.17, 15) is 9.59 Å². The predicted molar refractivity (Wildman–Crippen MR) is 126 cm³/mol. The highest BCUT2D eigenvalue weighted by molar-refractivity contribution is 5.97. The normalized spacial score (nSPS) is 16.7. The second-order valence-corrected chi connectivity index (χ2v) is 7.88. The van der Waals surface area contributed by atoms with Crippen LogP contribution in [0.1, 0.15) is 24.3 Å². The number of nitrogens with one attached hydrogen (secondary N) is 2. The van der Waals surface area contributed by atoms with Crippen LogP contribution in [-0.4, -0.2) is 86.0 Å². The Labute approximate surface area is 198 Å².